The Morgan fingerprint density at radius 3 is 0.941 bits per heavy atom. The van der Waals surface area contributed by atoms with E-state index in [0.717, 1.165) is 0 Å². The van der Waals surface area contributed by atoms with Crippen molar-refractivity contribution in [2.45, 2.75) is 0 Å². The number of rotatable bonds is 0. The van der Waals surface area contributed by atoms with Gasteiger partial charge in [0.05, 0.1) is 0 Å². The van der Waals surface area contributed by atoms with Gasteiger partial charge < -0.3 is 19.6 Å². The molecule has 0 aliphatic carbocycles. The Morgan fingerprint density at radius 2 is 0.882 bits per heavy atom. The summed E-state index contributed by atoms with van der Waals surface area (Å²) in [5, 5.41) is 0. The maximum atomic E-state index is 2.97. The van der Waals surface area contributed by atoms with Crippen LogP contribution in [-0.4, -0.2) is 47.8 Å². The van der Waals surface area contributed by atoms with Crippen molar-refractivity contribution in [3.05, 3.63) is 38.1 Å². The molecule has 0 aromatic heterocycles. The summed E-state index contributed by atoms with van der Waals surface area (Å²) in [5.74, 6) is 0. The summed E-state index contributed by atoms with van der Waals surface area (Å²) < 4.78 is 0. The van der Waals surface area contributed by atoms with Crippen molar-refractivity contribution in [2.75, 3.05) is 28.2 Å². The van der Waals surface area contributed by atoms with E-state index in [4.69, 9.17) is 0 Å². The molecule has 2 aliphatic heterocycles. The molecule has 2 heterocycles. The molecule has 0 aromatic carbocycles. The van der Waals surface area contributed by atoms with Crippen LogP contribution in [0, 0.1) is 13.3 Å². The van der Waals surface area contributed by atoms with E-state index < -0.39 is 0 Å². The van der Waals surface area contributed by atoms with Crippen LogP contribution in [0.3, 0.4) is 0 Å². The molecule has 2 rings (SSSR count). The van der Waals surface area contributed by atoms with Gasteiger partial charge in [-0.2, -0.15) is 0 Å². The van der Waals surface area contributed by atoms with Crippen molar-refractivity contribution in [2.24, 2.45) is 0 Å². The van der Waals surface area contributed by atoms with Crippen molar-refractivity contribution >= 4 is 41.0 Å². The zero-order valence-corrected chi connectivity index (χ0v) is 15.5. The average Bonchev–Trinajstić information content (AvgIpc) is 2.78. The van der Waals surface area contributed by atoms with Gasteiger partial charge in [-0.25, -0.2) is 0 Å². The molecule has 0 atom stereocenters. The van der Waals surface area contributed by atoms with Crippen LogP contribution >= 0.6 is 41.0 Å². The van der Waals surface area contributed by atoms with Crippen molar-refractivity contribution in [1.29, 1.82) is 0 Å². The second-order valence-electron chi connectivity index (χ2n) is 3.29. The van der Waals surface area contributed by atoms with Crippen LogP contribution < -0.4 is 0 Å². The summed E-state index contributed by atoms with van der Waals surface area (Å²) in [6.07, 6.45) is 7.78. The van der Waals surface area contributed by atoms with E-state index in [0.29, 0.717) is 0 Å². The predicted molar refractivity (Wildman–Crippen MR) is 83.9 cm³/mol. The van der Waals surface area contributed by atoms with Crippen molar-refractivity contribution in [3.63, 3.8) is 0 Å². The molecule has 0 bridgehead atoms. The Hall–Kier alpha value is 0.634. The van der Waals surface area contributed by atoms with Gasteiger partial charge in [0, 0.05) is 53.0 Å². The molecule has 4 nitrogen and oxygen atoms in total. The van der Waals surface area contributed by atoms with Gasteiger partial charge in [-0.05, 0) is 0 Å². The second-order valence-corrected chi connectivity index (χ2v) is 11.6. The van der Waals surface area contributed by atoms with Gasteiger partial charge in [-0.1, -0.05) is 0 Å². The topological polar surface area (TPSA) is 13.0 Å². The molecular formula is C10H16I2N4Ni. The molecule has 0 spiro atoms. The van der Waals surface area contributed by atoms with Gasteiger partial charge in [0.15, 0.2) is 0 Å². The molecule has 0 saturated heterocycles. The van der Waals surface area contributed by atoms with E-state index in [1.165, 1.54) is 0 Å². The fourth-order valence-corrected chi connectivity index (χ4v) is 1.03. The molecule has 0 saturated carbocycles. The van der Waals surface area contributed by atoms with E-state index in [2.05, 4.69) is 54.3 Å². The molecule has 0 unspecified atom stereocenters. The summed E-state index contributed by atoms with van der Waals surface area (Å²) >= 11 is 4.43. The molecule has 4 radical (unpaired) electrons. The zero-order chi connectivity index (χ0) is 13.3. The first-order chi connectivity index (χ1) is 7.99. The molecule has 2 aliphatic rings. The standard InChI is InChI=1S/2C5H8N2.2HI.Ni/c2*1-6-3-4-7(2)5-6;;;/h2*3-4H,1-2H3;2*1H;/q;;;;+2/p-2. The second kappa shape index (κ2) is 10.5. The monoisotopic (exact) mass is 504 g/mol. The third-order valence-electron chi connectivity index (χ3n) is 1.66. The summed E-state index contributed by atoms with van der Waals surface area (Å²) in [5.41, 5.74) is 0. The Kier molecular flexibility index (Phi) is 10.9. The molecular weight excluding hydrogens is 489 g/mol. The normalized spacial score (nSPS) is 17.1. The van der Waals surface area contributed by atoms with E-state index in [9.17, 15) is 0 Å². The van der Waals surface area contributed by atoms with Crippen molar-refractivity contribution < 1.29 is 8.07 Å². The molecule has 0 amide bonds. The van der Waals surface area contributed by atoms with Gasteiger partial charge in [-0.15, -0.1) is 0 Å². The van der Waals surface area contributed by atoms with Crippen molar-refractivity contribution in [3.8, 4) is 0 Å². The zero-order valence-electron chi connectivity index (χ0n) is 10.2. The Labute approximate surface area is 134 Å². The van der Waals surface area contributed by atoms with Gasteiger partial charge in [-0.3, -0.25) is 0 Å². The SMILES string of the molecule is CN1[C]N(C)C=C1.CN1[C]N(C)C=C1.[I][Ni][I]. The summed E-state index contributed by atoms with van der Waals surface area (Å²) in [7, 11) is 9.34. The Balaban J connectivity index is 0.000000247. The Morgan fingerprint density at radius 1 is 0.706 bits per heavy atom. The molecule has 0 N–H and O–H groups in total. The molecule has 7 heteroatoms. The third-order valence-corrected chi connectivity index (χ3v) is 1.66. The van der Waals surface area contributed by atoms with Gasteiger partial charge in [0.25, 0.3) is 0 Å². The molecule has 100 valence electrons. The number of halogens is 2. The van der Waals surface area contributed by atoms with Crippen LogP contribution in [0.5, 0.6) is 0 Å². The van der Waals surface area contributed by atoms with E-state index in [1.807, 2.05) is 72.6 Å². The van der Waals surface area contributed by atoms with Crippen LogP contribution in [0.1, 0.15) is 0 Å². The summed E-state index contributed by atoms with van der Waals surface area (Å²) in [4.78, 5) is 7.50. The fraction of sp³-hybridized carbons (Fsp3) is 0.400. The molecule has 17 heavy (non-hydrogen) atoms. The number of hydrogen-bond acceptors (Lipinski definition) is 4. The van der Waals surface area contributed by atoms with E-state index >= 15 is 0 Å². The van der Waals surface area contributed by atoms with Gasteiger partial charge in [0.1, 0.15) is 0 Å². The Bertz CT molecular complexity index is 206. The quantitative estimate of drug-likeness (QED) is 0.371. The van der Waals surface area contributed by atoms with Gasteiger partial charge in [0.2, 0.25) is 13.3 Å². The van der Waals surface area contributed by atoms with Crippen LogP contribution in [-0.2, 0) is 8.07 Å². The van der Waals surface area contributed by atoms with Crippen molar-refractivity contribution in [1.82, 2.24) is 19.6 Å². The van der Waals surface area contributed by atoms with E-state index in [1.54, 1.807) is 8.07 Å². The van der Waals surface area contributed by atoms with E-state index in [-0.39, 0.29) is 0 Å². The fourth-order valence-electron chi connectivity index (χ4n) is 1.03. The summed E-state index contributed by atoms with van der Waals surface area (Å²) in [6, 6.07) is 0. The van der Waals surface area contributed by atoms with Crippen LogP contribution in [0.4, 0.5) is 0 Å². The minimum atomic E-state index is 1.56. The first-order valence-corrected chi connectivity index (χ1v) is 11.0. The number of nitrogens with zero attached hydrogens (tertiary/aromatic N) is 4. The summed E-state index contributed by atoms with van der Waals surface area (Å²) in [6.45, 7) is 5.94. The minimum absolute atomic E-state index is 1.56. The number of hydrogen-bond donors (Lipinski definition) is 0. The third kappa shape index (κ3) is 10.3. The molecule has 0 aromatic rings. The van der Waals surface area contributed by atoms with Crippen LogP contribution in [0.15, 0.2) is 24.8 Å². The first-order valence-electron chi connectivity index (χ1n) is 4.62. The van der Waals surface area contributed by atoms with Gasteiger partial charge >= 0.3 is 49.0 Å². The molecule has 0 fully saturated rings. The average molecular weight is 505 g/mol. The van der Waals surface area contributed by atoms with Crippen LogP contribution in [0.2, 0.25) is 0 Å². The van der Waals surface area contributed by atoms with Crippen LogP contribution in [0.25, 0.3) is 0 Å². The maximum absolute atomic E-state index is 2.97. The predicted octanol–water partition coefficient (Wildman–Crippen LogP) is 2.43. The first kappa shape index (κ1) is 17.6.